The predicted molar refractivity (Wildman–Crippen MR) is 133 cm³/mol. The van der Waals surface area contributed by atoms with Gasteiger partial charge in [0, 0.05) is 11.7 Å². The lowest BCUT2D eigenvalue weighted by molar-refractivity contribution is -0.127. The van der Waals surface area contributed by atoms with Crippen LogP contribution >= 0.6 is 11.3 Å². The minimum absolute atomic E-state index is 0.137. The van der Waals surface area contributed by atoms with Gasteiger partial charge in [0.25, 0.3) is 5.91 Å². The first kappa shape index (κ1) is 22.7. The van der Waals surface area contributed by atoms with E-state index in [1.165, 1.54) is 12.8 Å². The van der Waals surface area contributed by atoms with Crippen molar-refractivity contribution in [3.8, 4) is 16.3 Å². The Balaban J connectivity index is 1.53. The maximum absolute atomic E-state index is 13.9. The number of hydrogen-bond donors (Lipinski definition) is 1. The summed E-state index contributed by atoms with van der Waals surface area (Å²) in [6.45, 7) is 2.13. The van der Waals surface area contributed by atoms with Crippen molar-refractivity contribution >= 4 is 28.8 Å². The van der Waals surface area contributed by atoms with Crippen LogP contribution in [-0.4, -0.2) is 40.3 Å². The lowest BCUT2D eigenvalue weighted by atomic mass is 9.93. The van der Waals surface area contributed by atoms with Crippen LogP contribution in [0.1, 0.15) is 55.9 Å². The SMILES string of the molecule is COc1ccc(N2C(=O)c3cc(-c4cccs4)nn3C[C@]2(C)C(=O)NC2CCCCCC2)cc1. The summed E-state index contributed by atoms with van der Waals surface area (Å²) >= 11 is 1.58. The van der Waals surface area contributed by atoms with Gasteiger partial charge in [-0.15, -0.1) is 11.3 Å². The highest BCUT2D eigenvalue weighted by Crippen LogP contribution is 2.36. The molecule has 1 aromatic carbocycles. The summed E-state index contributed by atoms with van der Waals surface area (Å²) in [7, 11) is 1.61. The Morgan fingerprint density at radius 2 is 1.88 bits per heavy atom. The molecule has 5 rings (SSSR count). The molecule has 3 heterocycles. The molecule has 7 nitrogen and oxygen atoms in total. The van der Waals surface area contributed by atoms with Crippen LogP contribution in [-0.2, 0) is 11.3 Å². The number of nitrogens with zero attached hydrogens (tertiary/aromatic N) is 3. The average molecular weight is 479 g/mol. The Kier molecular flexibility index (Phi) is 6.16. The maximum Gasteiger partial charge on any atom is 0.277 e. The number of aromatic nitrogens is 2. The van der Waals surface area contributed by atoms with E-state index in [2.05, 4.69) is 5.32 Å². The molecule has 1 saturated carbocycles. The summed E-state index contributed by atoms with van der Waals surface area (Å²) in [5.41, 5.74) is 0.777. The van der Waals surface area contributed by atoms with E-state index in [-0.39, 0.29) is 24.4 Å². The first-order valence-corrected chi connectivity index (χ1v) is 12.8. The second-order valence-corrected chi connectivity index (χ2v) is 10.3. The monoisotopic (exact) mass is 478 g/mol. The minimum atomic E-state index is -1.12. The molecule has 2 aromatic heterocycles. The van der Waals surface area contributed by atoms with Gasteiger partial charge in [-0.2, -0.15) is 5.10 Å². The molecule has 34 heavy (non-hydrogen) atoms. The fourth-order valence-electron chi connectivity index (χ4n) is 5.03. The standard InChI is InChI=1S/C26H30N4O3S/c1-26(25(32)27-18-8-5-3-4-6-9-18)17-29-22(16-21(28-29)23-10-7-15-34-23)24(31)30(26)19-11-13-20(33-2)14-12-19/h7,10-16,18H,3-6,8-9,17H2,1-2H3,(H,27,32)/t26-/m1/s1. The van der Waals surface area contributed by atoms with Crippen LogP contribution in [0.3, 0.4) is 0 Å². The number of thiophene rings is 1. The molecule has 8 heteroatoms. The molecular weight excluding hydrogens is 448 g/mol. The predicted octanol–water partition coefficient (Wildman–Crippen LogP) is 4.88. The molecule has 0 radical (unpaired) electrons. The third kappa shape index (κ3) is 4.11. The molecular formula is C26H30N4O3S. The van der Waals surface area contributed by atoms with Gasteiger partial charge >= 0.3 is 0 Å². The number of methoxy groups -OCH3 is 1. The number of carbonyl (C=O) groups is 2. The van der Waals surface area contributed by atoms with Gasteiger partial charge in [0.1, 0.15) is 22.7 Å². The topological polar surface area (TPSA) is 76.5 Å². The smallest absolute Gasteiger partial charge is 0.277 e. The van der Waals surface area contributed by atoms with Crippen molar-refractivity contribution in [3.05, 3.63) is 53.5 Å². The van der Waals surface area contributed by atoms with Crippen molar-refractivity contribution in [2.24, 2.45) is 0 Å². The largest absolute Gasteiger partial charge is 0.497 e. The van der Waals surface area contributed by atoms with Crippen LogP contribution in [0.5, 0.6) is 5.75 Å². The van der Waals surface area contributed by atoms with Crippen molar-refractivity contribution in [1.82, 2.24) is 15.1 Å². The molecule has 3 aromatic rings. The van der Waals surface area contributed by atoms with Gasteiger partial charge in [-0.05, 0) is 61.5 Å². The molecule has 0 bridgehead atoms. The molecule has 178 valence electrons. The first-order chi connectivity index (χ1) is 16.5. The number of carbonyl (C=O) groups excluding carboxylic acids is 2. The van der Waals surface area contributed by atoms with Crippen molar-refractivity contribution in [2.75, 3.05) is 12.0 Å². The Labute approximate surface area is 203 Å². The highest BCUT2D eigenvalue weighted by Gasteiger charge is 2.49. The third-order valence-electron chi connectivity index (χ3n) is 6.94. The highest BCUT2D eigenvalue weighted by molar-refractivity contribution is 7.13. The number of ether oxygens (including phenoxy) is 1. The Hall–Kier alpha value is -3.13. The van der Waals surface area contributed by atoms with Gasteiger partial charge in [0.15, 0.2) is 0 Å². The van der Waals surface area contributed by atoms with E-state index in [0.717, 1.165) is 36.3 Å². The molecule has 1 fully saturated rings. The van der Waals surface area contributed by atoms with Crippen molar-refractivity contribution in [3.63, 3.8) is 0 Å². The second-order valence-electron chi connectivity index (χ2n) is 9.32. The number of anilines is 1. The van der Waals surface area contributed by atoms with E-state index in [1.54, 1.807) is 28.0 Å². The lowest BCUT2D eigenvalue weighted by Gasteiger charge is -2.43. The summed E-state index contributed by atoms with van der Waals surface area (Å²) < 4.78 is 7.00. The van der Waals surface area contributed by atoms with E-state index in [9.17, 15) is 9.59 Å². The summed E-state index contributed by atoms with van der Waals surface area (Å²) in [5, 5.41) is 9.99. The van der Waals surface area contributed by atoms with E-state index < -0.39 is 5.54 Å². The van der Waals surface area contributed by atoms with Gasteiger partial charge < -0.3 is 10.1 Å². The second kappa shape index (κ2) is 9.25. The summed E-state index contributed by atoms with van der Waals surface area (Å²) in [6.07, 6.45) is 6.62. The van der Waals surface area contributed by atoms with Gasteiger partial charge in [-0.3, -0.25) is 19.2 Å². The van der Waals surface area contributed by atoms with Crippen LogP contribution < -0.4 is 15.0 Å². The van der Waals surface area contributed by atoms with Crippen LogP contribution in [0.2, 0.25) is 0 Å². The zero-order chi connectivity index (χ0) is 23.7. The molecule has 1 aliphatic carbocycles. The van der Waals surface area contributed by atoms with Crippen LogP contribution in [0.4, 0.5) is 5.69 Å². The zero-order valence-electron chi connectivity index (χ0n) is 19.6. The molecule has 0 saturated heterocycles. The average Bonchev–Trinajstić information content (AvgIpc) is 3.45. The number of amides is 2. The number of rotatable bonds is 5. The number of benzene rings is 1. The Bertz CT molecular complexity index is 1160. The quantitative estimate of drug-likeness (QED) is 0.531. The van der Waals surface area contributed by atoms with E-state index in [4.69, 9.17) is 9.84 Å². The third-order valence-corrected chi connectivity index (χ3v) is 7.83. The minimum Gasteiger partial charge on any atom is -0.497 e. The van der Waals surface area contributed by atoms with Crippen molar-refractivity contribution in [1.29, 1.82) is 0 Å². The fraction of sp³-hybridized carbons (Fsp3) is 0.423. The van der Waals surface area contributed by atoms with Crippen molar-refractivity contribution in [2.45, 2.75) is 63.6 Å². The van der Waals surface area contributed by atoms with E-state index in [1.807, 2.05) is 54.8 Å². The molecule has 1 aliphatic heterocycles. The number of hydrogen-bond acceptors (Lipinski definition) is 5. The molecule has 2 aliphatic rings. The molecule has 2 amide bonds. The van der Waals surface area contributed by atoms with Crippen LogP contribution in [0.25, 0.3) is 10.6 Å². The molecule has 0 unspecified atom stereocenters. The van der Waals surface area contributed by atoms with Gasteiger partial charge in [-0.1, -0.05) is 31.7 Å². The number of nitrogens with one attached hydrogen (secondary N) is 1. The van der Waals surface area contributed by atoms with E-state index >= 15 is 0 Å². The lowest BCUT2D eigenvalue weighted by Crippen LogP contribution is -2.65. The highest BCUT2D eigenvalue weighted by atomic mass is 32.1. The van der Waals surface area contributed by atoms with Gasteiger partial charge in [-0.25, -0.2) is 0 Å². The zero-order valence-corrected chi connectivity index (χ0v) is 20.4. The molecule has 1 atom stereocenters. The molecule has 1 N–H and O–H groups in total. The van der Waals surface area contributed by atoms with Gasteiger partial charge in [0.2, 0.25) is 5.91 Å². The summed E-state index contributed by atoms with van der Waals surface area (Å²) in [5.74, 6) is 0.329. The Morgan fingerprint density at radius 3 is 2.53 bits per heavy atom. The fourth-order valence-corrected chi connectivity index (χ4v) is 5.71. The van der Waals surface area contributed by atoms with Crippen LogP contribution in [0, 0.1) is 0 Å². The first-order valence-electron chi connectivity index (χ1n) is 11.9. The molecule has 0 spiro atoms. The van der Waals surface area contributed by atoms with Gasteiger partial charge in [0.05, 0.1) is 18.5 Å². The van der Waals surface area contributed by atoms with E-state index in [0.29, 0.717) is 17.1 Å². The normalized spacial score (nSPS) is 21.1. The summed E-state index contributed by atoms with van der Waals surface area (Å²) in [4.78, 5) is 30.3. The maximum atomic E-state index is 13.9. The van der Waals surface area contributed by atoms with Crippen LogP contribution in [0.15, 0.2) is 47.8 Å². The van der Waals surface area contributed by atoms with Crippen molar-refractivity contribution < 1.29 is 14.3 Å². The Morgan fingerprint density at radius 1 is 1.15 bits per heavy atom. The summed E-state index contributed by atoms with van der Waals surface area (Å²) in [6, 6.07) is 13.2. The number of fused-ring (bicyclic) bond motifs is 1.